The van der Waals surface area contributed by atoms with Crippen molar-refractivity contribution < 1.29 is 10.2 Å². The van der Waals surface area contributed by atoms with Crippen LogP contribution in [0.4, 0.5) is 0 Å². The lowest BCUT2D eigenvalue weighted by Crippen LogP contribution is -2.22. The molecular formula is C4H8Cl2O2. The highest BCUT2D eigenvalue weighted by atomic mass is 35.5. The first kappa shape index (κ1) is 8.50. The lowest BCUT2D eigenvalue weighted by atomic mass is 10.3. The van der Waals surface area contributed by atoms with Crippen LogP contribution in [0, 0.1) is 0 Å². The van der Waals surface area contributed by atoms with Gasteiger partial charge in [0.25, 0.3) is 0 Å². The van der Waals surface area contributed by atoms with Gasteiger partial charge in [-0.15, -0.1) is 23.2 Å². The van der Waals surface area contributed by atoms with Gasteiger partial charge in [-0.05, 0) is 0 Å². The molecule has 0 radical (unpaired) electrons. The topological polar surface area (TPSA) is 40.5 Å². The third kappa shape index (κ3) is 2.72. The van der Waals surface area contributed by atoms with Gasteiger partial charge in [0.2, 0.25) is 0 Å². The molecular weight excluding hydrogens is 151 g/mol. The Labute approximate surface area is 58.0 Å². The van der Waals surface area contributed by atoms with Crippen molar-refractivity contribution in [2.75, 3.05) is 13.2 Å². The van der Waals surface area contributed by atoms with Crippen molar-refractivity contribution in [3.8, 4) is 0 Å². The predicted molar refractivity (Wildman–Crippen MR) is 33.5 cm³/mol. The van der Waals surface area contributed by atoms with Gasteiger partial charge in [0, 0.05) is 0 Å². The van der Waals surface area contributed by atoms with E-state index in [0.717, 1.165) is 0 Å². The summed E-state index contributed by atoms with van der Waals surface area (Å²) in [4.78, 5) is 0. The molecule has 0 unspecified atom stereocenters. The average Bonchev–Trinajstić information content (AvgIpc) is 1.84. The summed E-state index contributed by atoms with van der Waals surface area (Å²) in [6, 6.07) is 0. The molecule has 0 amide bonds. The molecule has 0 heterocycles. The number of halogens is 2. The van der Waals surface area contributed by atoms with Gasteiger partial charge in [-0.2, -0.15) is 0 Å². The van der Waals surface area contributed by atoms with E-state index in [1.54, 1.807) is 0 Å². The monoisotopic (exact) mass is 158 g/mol. The van der Waals surface area contributed by atoms with Gasteiger partial charge in [-0.1, -0.05) is 0 Å². The number of aliphatic hydroxyl groups is 2. The van der Waals surface area contributed by atoms with Crippen LogP contribution >= 0.6 is 23.2 Å². The first-order valence-corrected chi connectivity index (χ1v) is 3.09. The molecule has 0 bridgehead atoms. The Morgan fingerprint density at radius 1 is 1.00 bits per heavy atom. The molecule has 0 saturated heterocycles. The van der Waals surface area contributed by atoms with E-state index in [4.69, 9.17) is 33.4 Å². The van der Waals surface area contributed by atoms with E-state index < -0.39 is 10.8 Å². The third-order valence-electron chi connectivity index (χ3n) is 0.741. The summed E-state index contributed by atoms with van der Waals surface area (Å²) < 4.78 is 0. The molecule has 0 rings (SSSR count). The summed E-state index contributed by atoms with van der Waals surface area (Å²) in [5.74, 6) is 0. The summed E-state index contributed by atoms with van der Waals surface area (Å²) in [7, 11) is 0. The van der Waals surface area contributed by atoms with Crippen molar-refractivity contribution in [1.82, 2.24) is 0 Å². The molecule has 0 aromatic rings. The number of hydrogen-bond acceptors (Lipinski definition) is 2. The lowest BCUT2D eigenvalue weighted by Gasteiger charge is -2.08. The summed E-state index contributed by atoms with van der Waals surface area (Å²) in [5, 5.41) is 15.5. The smallest absolute Gasteiger partial charge is 0.0752 e. The van der Waals surface area contributed by atoms with Gasteiger partial charge in [0.1, 0.15) is 0 Å². The molecule has 50 valence electrons. The van der Waals surface area contributed by atoms with Gasteiger partial charge in [-0.25, -0.2) is 0 Å². The maximum Gasteiger partial charge on any atom is 0.0752 e. The molecule has 2 nitrogen and oxygen atoms in total. The predicted octanol–water partition coefficient (Wildman–Crippen LogP) is 0.186. The minimum Gasteiger partial charge on any atom is -0.395 e. The van der Waals surface area contributed by atoms with Crippen molar-refractivity contribution in [2.45, 2.75) is 10.8 Å². The first-order valence-electron chi connectivity index (χ1n) is 2.22. The molecule has 8 heavy (non-hydrogen) atoms. The molecule has 0 spiro atoms. The van der Waals surface area contributed by atoms with Gasteiger partial charge >= 0.3 is 0 Å². The van der Waals surface area contributed by atoms with Crippen LogP contribution in [0.5, 0.6) is 0 Å². The number of aliphatic hydroxyl groups excluding tert-OH is 2. The standard InChI is InChI=1S/C4H8Cl2O2/c5-3(1-7)4(6)2-8/h3-4,7-8H,1-2H2/t3-,4+. The average molecular weight is 159 g/mol. The minimum atomic E-state index is -0.540. The maximum absolute atomic E-state index is 8.31. The zero-order valence-corrected chi connectivity index (χ0v) is 5.73. The fourth-order valence-electron chi connectivity index (χ4n) is 0.229. The summed E-state index contributed by atoms with van der Waals surface area (Å²) >= 11 is 10.7. The molecule has 0 aliphatic carbocycles. The van der Waals surface area contributed by atoms with Crippen LogP contribution in [-0.4, -0.2) is 34.2 Å². The highest BCUT2D eigenvalue weighted by Crippen LogP contribution is 2.07. The van der Waals surface area contributed by atoms with E-state index in [0.29, 0.717) is 0 Å². The van der Waals surface area contributed by atoms with E-state index in [9.17, 15) is 0 Å². The Morgan fingerprint density at radius 2 is 1.25 bits per heavy atom. The number of rotatable bonds is 3. The van der Waals surface area contributed by atoms with Crippen molar-refractivity contribution in [1.29, 1.82) is 0 Å². The number of alkyl halides is 2. The molecule has 0 aliphatic rings. The van der Waals surface area contributed by atoms with Crippen molar-refractivity contribution in [3.63, 3.8) is 0 Å². The minimum absolute atomic E-state index is 0.198. The van der Waals surface area contributed by atoms with Crippen LogP contribution in [0.15, 0.2) is 0 Å². The molecule has 0 aromatic carbocycles. The highest BCUT2D eigenvalue weighted by molar-refractivity contribution is 6.30. The van der Waals surface area contributed by atoms with E-state index >= 15 is 0 Å². The van der Waals surface area contributed by atoms with Gasteiger partial charge in [0.15, 0.2) is 0 Å². The quantitative estimate of drug-likeness (QED) is 0.577. The van der Waals surface area contributed by atoms with Gasteiger partial charge < -0.3 is 10.2 Å². The highest BCUT2D eigenvalue weighted by Gasteiger charge is 2.13. The van der Waals surface area contributed by atoms with Crippen LogP contribution in [0.25, 0.3) is 0 Å². The maximum atomic E-state index is 8.31. The molecule has 0 aliphatic heterocycles. The van der Waals surface area contributed by atoms with Crippen molar-refractivity contribution in [3.05, 3.63) is 0 Å². The van der Waals surface area contributed by atoms with Crippen LogP contribution in [0.2, 0.25) is 0 Å². The Bertz CT molecular complexity index is 52.0. The zero-order valence-electron chi connectivity index (χ0n) is 4.22. The molecule has 0 saturated carbocycles. The fourth-order valence-corrected chi connectivity index (χ4v) is 0.388. The summed E-state index contributed by atoms with van der Waals surface area (Å²) in [6.07, 6.45) is 0. The number of hydrogen-bond donors (Lipinski definition) is 2. The Hall–Kier alpha value is 0.500. The zero-order chi connectivity index (χ0) is 6.57. The molecule has 4 heteroatoms. The van der Waals surface area contributed by atoms with E-state index in [1.807, 2.05) is 0 Å². The second-order valence-electron chi connectivity index (χ2n) is 1.40. The summed E-state index contributed by atoms with van der Waals surface area (Å²) in [5.41, 5.74) is 0. The molecule has 2 atom stereocenters. The van der Waals surface area contributed by atoms with Gasteiger partial charge in [0.05, 0.1) is 24.0 Å². The van der Waals surface area contributed by atoms with Crippen LogP contribution in [0.1, 0.15) is 0 Å². The molecule has 0 aromatic heterocycles. The molecule has 2 N–H and O–H groups in total. The van der Waals surface area contributed by atoms with E-state index in [2.05, 4.69) is 0 Å². The SMILES string of the molecule is OC[C@@H](Cl)[C@@H](Cl)CO. The second kappa shape index (κ2) is 4.39. The second-order valence-corrected chi connectivity index (χ2v) is 2.52. The Morgan fingerprint density at radius 3 is 1.38 bits per heavy atom. The lowest BCUT2D eigenvalue weighted by molar-refractivity contribution is 0.249. The van der Waals surface area contributed by atoms with E-state index in [-0.39, 0.29) is 13.2 Å². The van der Waals surface area contributed by atoms with E-state index in [1.165, 1.54) is 0 Å². The third-order valence-corrected chi connectivity index (χ3v) is 1.75. The van der Waals surface area contributed by atoms with Crippen molar-refractivity contribution >= 4 is 23.2 Å². The van der Waals surface area contributed by atoms with Gasteiger partial charge in [-0.3, -0.25) is 0 Å². The van der Waals surface area contributed by atoms with Crippen LogP contribution in [0.3, 0.4) is 0 Å². The van der Waals surface area contributed by atoms with Crippen LogP contribution in [-0.2, 0) is 0 Å². The normalized spacial score (nSPS) is 18.0. The first-order chi connectivity index (χ1) is 3.72. The largest absolute Gasteiger partial charge is 0.395 e. The molecule has 0 fully saturated rings. The van der Waals surface area contributed by atoms with Crippen molar-refractivity contribution in [2.24, 2.45) is 0 Å². The Balaban J connectivity index is 3.29. The fraction of sp³-hybridized carbons (Fsp3) is 1.00. The van der Waals surface area contributed by atoms with Crippen LogP contribution < -0.4 is 0 Å². The summed E-state index contributed by atoms with van der Waals surface area (Å²) in [6.45, 7) is -0.396. The Kier molecular flexibility index (Phi) is 4.66.